The van der Waals surface area contributed by atoms with E-state index in [4.69, 9.17) is 11.6 Å². The van der Waals surface area contributed by atoms with Crippen LogP contribution in [0, 0.1) is 6.92 Å². The van der Waals surface area contributed by atoms with E-state index in [-0.39, 0.29) is 0 Å². The molecule has 0 bridgehead atoms. The highest BCUT2D eigenvalue weighted by Gasteiger charge is 2.18. The van der Waals surface area contributed by atoms with Crippen molar-refractivity contribution in [2.24, 2.45) is 0 Å². The minimum absolute atomic E-state index is 0.569. The molecule has 2 nitrogen and oxygen atoms in total. The van der Waals surface area contributed by atoms with Crippen molar-refractivity contribution in [1.82, 2.24) is 5.32 Å². The summed E-state index contributed by atoms with van der Waals surface area (Å²) in [5.41, 5.74) is 2.33. The molecule has 1 aliphatic rings. The zero-order chi connectivity index (χ0) is 13.1. The van der Waals surface area contributed by atoms with Gasteiger partial charge in [-0.2, -0.15) is 0 Å². The van der Waals surface area contributed by atoms with Crippen LogP contribution >= 0.6 is 27.5 Å². The van der Waals surface area contributed by atoms with Gasteiger partial charge in [-0.25, -0.2) is 0 Å². The van der Waals surface area contributed by atoms with Crippen LogP contribution in [0.1, 0.15) is 25.3 Å². The number of hydrogen-bond acceptors (Lipinski definition) is 2. The topological polar surface area (TPSA) is 15.3 Å². The van der Waals surface area contributed by atoms with Gasteiger partial charge < -0.3 is 10.2 Å². The molecular formula is C14H20BrClN2. The van der Waals surface area contributed by atoms with Gasteiger partial charge in [0.05, 0.1) is 5.69 Å². The second-order valence-electron chi connectivity index (χ2n) is 4.91. The summed E-state index contributed by atoms with van der Waals surface area (Å²) in [5, 5.41) is 4.43. The number of benzene rings is 1. The minimum Gasteiger partial charge on any atom is -0.369 e. The average Bonchev–Trinajstić information content (AvgIpc) is 2.59. The van der Waals surface area contributed by atoms with Crippen molar-refractivity contribution in [2.75, 3.05) is 24.5 Å². The van der Waals surface area contributed by atoms with Crippen LogP contribution in [0.2, 0.25) is 5.02 Å². The van der Waals surface area contributed by atoms with Crippen LogP contribution in [0.5, 0.6) is 0 Å². The van der Waals surface area contributed by atoms with Gasteiger partial charge in [-0.1, -0.05) is 18.5 Å². The lowest BCUT2D eigenvalue weighted by Gasteiger charge is -2.27. The fourth-order valence-electron chi connectivity index (χ4n) is 2.37. The maximum Gasteiger partial charge on any atom is 0.0526 e. The van der Waals surface area contributed by atoms with Crippen molar-refractivity contribution >= 4 is 33.2 Å². The van der Waals surface area contributed by atoms with Crippen LogP contribution in [0.3, 0.4) is 0 Å². The number of rotatable bonds is 2. The highest BCUT2D eigenvalue weighted by molar-refractivity contribution is 9.10. The van der Waals surface area contributed by atoms with Crippen molar-refractivity contribution in [3.63, 3.8) is 0 Å². The molecule has 1 heterocycles. The lowest BCUT2D eigenvalue weighted by atomic mass is 10.1. The zero-order valence-corrected chi connectivity index (χ0v) is 13.3. The number of halogens is 2. The quantitative estimate of drug-likeness (QED) is 0.881. The summed E-state index contributed by atoms with van der Waals surface area (Å²) in [7, 11) is 0. The van der Waals surface area contributed by atoms with Gasteiger partial charge in [-0.05, 0) is 59.9 Å². The molecule has 1 fully saturated rings. The monoisotopic (exact) mass is 330 g/mol. The van der Waals surface area contributed by atoms with Gasteiger partial charge >= 0.3 is 0 Å². The van der Waals surface area contributed by atoms with Gasteiger partial charge in [0.25, 0.3) is 0 Å². The van der Waals surface area contributed by atoms with Gasteiger partial charge in [-0.15, -0.1) is 0 Å². The lowest BCUT2D eigenvalue weighted by molar-refractivity contribution is 0.528. The molecule has 1 aromatic rings. The first-order chi connectivity index (χ1) is 8.61. The number of aryl methyl sites for hydroxylation is 1. The lowest BCUT2D eigenvalue weighted by Crippen LogP contribution is -2.37. The molecule has 0 spiro atoms. The Labute approximate surface area is 123 Å². The van der Waals surface area contributed by atoms with E-state index in [0.29, 0.717) is 6.04 Å². The van der Waals surface area contributed by atoms with Crippen molar-refractivity contribution in [2.45, 2.75) is 32.7 Å². The Kier molecular flexibility index (Phi) is 4.93. The van der Waals surface area contributed by atoms with Crippen LogP contribution in [0.4, 0.5) is 5.69 Å². The summed E-state index contributed by atoms with van der Waals surface area (Å²) >= 11 is 9.92. The second kappa shape index (κ2) is 6.27. The smallest absolute Gasteiger partial charge is 0.0526 e. The molecule has 4 heteroatoms. The summed E-state index contributed by atoms with van der Waals surface area (Å²) in [5.74, 6) is 0. The normalized spacial score (nSPS) is 20.9. The third-order valence-electron chi connectivity index (χ3n) is 3.54. The van der Waals surface area contributed by atoms with E-state index in [1.807, 2.05) is 6.92 Å². The Morgan fingerprint density at radius 3 is 3.00 bits per heavy atom. The molecule has 1 aliphatic heterocycles. The Morgan fingerprint density at radius 2 is 2.28 bits per heavy atom. The first-order valence-electron chi connectivity index (χ1n) is 6.55. The van der Waals surface area contributed by atoms with E-state index in [9.17, 15) is 0 Å². The fourth-order valence-corrected chi connectivity index (χ4v) is 3.23. The Morgan fingerprint density at radius 1 is 1.50 bits per heavy atom. The molecule has 0 aliphatic carbocycles. The third kappa shape index (κ3) is 3.19. The summed E-state index contributed by atoms with van der Waals surface area (Å²) in [6, 6.07) is 4.76. The van der Waals surface area contributed by atoms with E-state index in [0.717, 1.165) is 41.1 Å². The molecule has 2 rings (SSSR count). The van der Waals surface area contributed by atoms with Crippen LogP contribution in [-0.4, -0.2) is 25.7 Å². The van der Waals surface area contributed by atoms with Crippen LogP contribution in [-0.2, 0) is 0 Å². The largest absolute Gasteiger partial charge is 0.369 e. The van der Waals surface area contributed by atoms with Crippen molar-refractivity contribution < 1.29 is 0 Å². The Balaban J connectivity index is 2.26. The highest BCUT2D eigenvalue weighted by Crippen LogP contribution is 2.32. The van der Waals surface area contributed by atoms with E-state index < -0.39 is 0 Å². The minimum atomic E-state index is 0.569. The first-order valence-corrected chi connectivity index (χ1v) is 7.73. The molecule has 1 atom stereocenters. The number of nitrogens with zero attached hydrogens (tertiary/aromatic N) is 1. The van der Waals surface area contributed by atoms with Gasteiger partial charge in [0, 0.05) is 28.6 Å². The molecule has 1 unspecified atom stereocenters. The van der Waals surface area contributed by atoms with Gasteiger partial charge in [-0.3, -0.25) is 0 Å². The van der Waals surface area contributed by atoms with E-state index >= 15 is 0 Å². The Hall–Kier alpha value is -0.250. The third-order valence-corrected chi connectivity index (χ3v) is 4.58. The van der Waals surface area contributed by atoms with Crippen LogP contribution in [0.15, 0.2) is 16.6 Å². The van der Waals surface area contributed by atoms with Crippen LogP contribution < -0.4 is 10.2 Å². The molecule has 1 saturated heterocycles. The van der Waals surface area contributed by atoms with E-state index in [2.05, 4.69) is 45.2 Å². The number of hydrogen-bond donors (Lipinski definition) is 1. The molecule has 1 aromatic carbocycles. The van der Waals surface area contributed by atoms with Crippen molar-refractivity contribution in [3.8, 4) is 0 Å². The van der Waals surface area contributed by atoms with E-state index in [1.54, 1.807) is 0 Å². The predicted molar refractivity (Wildman–Crippen MR) is 82.8 cm³/mol. The SMILES string of the molecule is CCC1CN(c2cc(Cl)c(C)cc2Br)CCCN1. The molecular weight excluding hydrogens is 312 g/mol. The zero-order valence-electron chi connectivity index (χ0n) is 11.0. The fraction of sp³-hybridized carbons (Fsp3) is 0.571. The maximum atomic E-state index is 6.25. The van der Waals surface area contributed by atoms with Crippen molar-refractivity contribution in [1.29, 1.82) is 0 Å². The second-order valence-corrected chi connectivity index (χ2v) is 6.17. The predicted octanol–water partition coefficient (Wildman–Crippen LogP) is 3.99. The van der Waals surface area contributed by atoms with Crippen molar-refractivity contribution in [3.05, 3.63) is 27.2 Å². The summed E-state index contributed by atoms with van der Waals surface area (Å²) in [6.45, 7) is 7.51. The molecule has 0 amide bonds. The van der Waals surface area contributed by atoms with Gasteiger partial charge in [0.15, 0.2) is 0 Å². The number of anilines is 1. The summed E-state index contributed by atoms with van der Waals surface area (Å²) in [6.07, 6.45) is 2.34. The molecule has 100 valence electrons. The number of nitrogens with one attached hydrogen (secondary N) is 1. The van der Waals surface area contributed by atoms with Gasteiger partial charge in [0.1, 0.15) is 0 Å². The van der Waals surface area contributed by atoms with E-state index in [1.165, 1.54) is 12.1 Å². The molecule has 0 radical (unpaired) electrons. The molecule has 1 N–H and O–H groups in total. The molecule has 0 aromatic heterocycles. The highest BCUT2D eigenvalue weighted by atomic mass is 79.9. The summed E-state index contributed by atoms with van der Waals surface area (Å²) in [4.78, 5) is 2.43. The summed E-state index contributed by atoms with van der Waals surface area (Å²) < 4.78 is 1.14. The Bertz CT molecular complexity index is 423. The maximum absolute atomic E-state index is 6.25. The standard InChI is InChI=1S/C14H20BrClN2/c1-3-11-9-18(6-4-5-17-11)14-8-13(16)10(2)7-12(14)15/h7-8,11,17H,3-6,9H2,1-2H3. The van der Waals surface area contributed by atoms with Gasteiger partial charge in [0.2, 0.25) is 0 Å². The molecule has 0 saturated carbocycles. The molecule has 18 heavy (non-hydrogen) atoms. The van der Waals surface area contributed by atoms with Crippen LogP contribution in [0.25, 0.3) is 0 Å². The average molecular weight is 332 g/mol. The first kappa shape index (κ1) is 14.2.